The smallest absolute Gasteiger partial charge is 0.413 e. The van der Waals surface area contributed by atoms with Crippen molar-refractivity contribution in [3.8, 4) is 0 Å². The standard InChI is InChI=1S/C17H13BrFN5O3/c18-12-8-11(6-7-13(12)19)21-15(20)14-16(24-27-23-14)22-17(25)26-9-10-4-2-1-3-5-10/h1-8H,9H2,(H2,20,21)(H,22,24,25). The minimum atomic E-state index is -0.756. The van der Waals surface area contributed by atoms with Crippen LogP contribution < -0.4 is 11.1 Å². The molecule has 0 atom stereocenters. The van der Waals surface area contributed by atoms with Crippen LogP contribution in [0.15, 0.2) is 62.6 Å². The van der Waals surface area contributed by atoms with E-state index < -0.39 is 11.9 Å². The number of aliphatic imine (C=N–C) groups is 1. The third-order valence-corrected chi connectivity index (χ3v) is 3.92. The van der Waals surface area contributed by atoms with Gasteiger partial charge in [-0.1, -0.05) is 30.3 Å². The van der Waals surface area contributed by atoms with Gasteiger partial charge in [-0.3, -0.25) is 5.32 Å². The molecule has 138 valence electrons. The number of aromatic nitrogens is 2. The number of halogens is 2. The Kier molecular flexibility index (Phi) is 5.77. The maximum Gasteiger partial charge on any atom is 0.413 e. The molecule has 27 heavy (non-hydrogen) atoms. The first kappa shape index (κ1) is 18.5. The van der Waals surface area contributed by atoms with Gasteiger partial charge in [0.2, 0.25) is 5.82 Å². The maximum absolute atomic E-state index is 13.3. The second-order valence-electron chi connectivity index (χ2n) is 5.24. The highest BCUT2D eigenvalue weighted by Crippen LogP contribution is 2.23. The summed E-state index contributed by atoms with van der Waals surface area (Å²) in [5.41, 5.74) is 7.11. The van der Waals surface area contributed by atoms with E-state index in [0.29, 0.717) is 5.69 Å². The van der Waals surface area contributed by atoms with Crippen molar-refractivity contribution >= 4 is 39.4 Å². The van der Waals surface area contributed by atoms with Crippen molar-refractivity contribution in [2.75, 3.05) is 5.32 Å². The maximum atomic E-state index is 13.3. The Morgan fingerprint density at radius 3 is 2.78 bits per heavy atom. The van der Waals surface area contributed by atoms with E-state index >= 15 is 0 Å². The van der Waals surface area contributed by atoms with Crippen LogP contribution in [-0.4, -0.2) is 22.2 Å². The Morgan fingerprint density at radius 1 is 1.26 bits per heavy atom. The Hall–Kier alpha value is -3.27. The van der Waals surface area contributed by atoms with Crippen molar-refractivity contribution in [1.82, 2.24) is 10.3 Å². The van der Waals surface area contributed by atoms with Gasteiger partial charge >= 0.3 is 6.09 Å². The van der Waals surface area contributed by atoms with Gasteiger partial charge in [-0.25, -0.2) is 18.8 Å². The number of hydrogen-bond acceptors (Lipinski definition) is 6. The Bertz CT molecular complexity index is 978. The van der Waals surface area contributed by atoms with Gasteiger partial charge in [0.15, 0.2) is 11.5 Å². The van der Waals surface area contributed by atoms with E-state index in [4.69, 9.17) is 10.5 Å². The van der Waals surface area contributed by atoms with Gasteiger partial charge in [-0.05, 0) is 50.0 Å². The second-order valence-corrected chi connectivity index (χ2v) is 6.10. The predicted octanol–water partition coefficient (Wildman–Crippen LogP) is 3.76. The molecule has 3 aromatic rings. The van der Waals surface area contributed by atoms with Crippen LogP contribution in [0.3, 0.4) is 0 Å². The summed E-state index contributed by atoms with van der Waals surface area (Å²) in [5, 5.41) is 9.59. The first-order valence-electron chi connectivity index (χ1n) is 7.63. The highest BCUT2D eigenvalue weighted by Gasteiger charge is 2.17. The summed E-state index contributed by atoms with van der Waals surface area (Å²) in [6, 6.07) is 13.3. The molecule has 1 aromatic heterocycles. The molecule has 0 saturated carbocycles. The summed E-state index contributed by atoms with van der Waals surface area (Å²) < 4.78 is 23.2. The van der Waals surface area contributed by atoms with Crippen molar-refractivity contribution in [2.45, 2.75) is 6.61 Å². The normalized spacial score (nSPS) is 11.3. The summed E-state index contributed by atoms with van der Waals surface area (Å²) in [6.07, 6.45) is -0.756. The summed E-state index contributed by atoms with van der Waals surface area (Å²) in [4.78, 5) is 16.0. The first-order valence-corrected chi connectivity index (χ1v) is 8.42. The van der Waals surface area contributed by atoms with Crippen molar-refractivity contribution in [1.29, 1.82) is 0 Å². The van der Waals surface area contributed by atoms with Crippen LogP contribution in [0.5, 0.6) is 0 Å². The minimum absolute atomic E-state index is 0.0205. The molecule has 0 aliphatic carbocycles. The van der Waals surface area contributed by atoms with E-state index in [1.165, 1.54) is 18.2 Å². The molecular formula is C17H13BrFN5O3. The van der Waals surface area contributed by atoms with E-state index in [2.05, 4.69) is 41.2 Å². The van der Waals surface area contributed by atoms with Gasteiger partial charge in [0.25, 0.3) is 0 Å². The summed E-state index contributed by atoms with van der Waals surface area (Å²) in [6.45, 7) is 0.0838. The number of hydrogen-bond donors (Lipinski definition) is 2. The Labute approximate surface area is 161 Å². The third kappa shape index (κ3) is 4.88. The van der Waals surface area contributed by atoms with Crippen molar-refractivity contribution in [3.63, 3.8) is 0 Å². The molecule has 3 N–H and O–H groups in total. The number of carbonyl (C=O) groups excluding carboxylic acids is 1. The summed E-state index contributed by atoms with van der Waals surface area (Å²) in [7, 11) is 0. The fourth-order valence-corrected chi connectivity index (χ4v) is 2.41. The zero-order chi connectivity index (χ0) is 19.2. The number of amides is 1. The minimum Gasteiger partial charge on any atom is -0.444 e. The van der Waals surface area contributed by atoms with E-state index in [0.717, 1.165) is 5.56 Å². The van der Waals surface area contributed by atoms with Crippen molar-refractivity contribution in [3.05, 3.63) is 70.1 Å². The van der Waals surface area contributed by atoms with Gasteiger partial charge in [0.1, 0.15) is 12.4 Å². The van der Waals surface area contributed by atoms with Crippen LogP contribution in [0.25, 0.3) is 0 Å². The molecule has 1 heterocycles. The quantitative estimate of drug-likeness (QED) is 0.467. The molecule has 0 unspecified atom stereocenters. The average molecular weight is 434 g/mol. The number of benzene rings is 2. The Balaban J connectivity index is 1.68. The highest BCUT2D eigenvalue weighted by molar-refractivity contribution is 9.10. The van der Waals surface area contributed by atoms with Crippen molar-refractivity contribution < 1.29 is 18.6 Å². The van der Waals surface area contributed by atoms with E-state index in [9.17, 15) is 9.18 Å². The van der Waals surface area contributed by atoms with Crippen LogP contribution in [0.4, 0.5) is 20.7 Å². The first-order chi connectivity index (χ1) is 13.0. The molecule has 0 aliphatic heterocycles. The molecule has 0 saturated heterocycles. The molecule has 2 aromatic carbocycles. The van der Waals surface area contributed by atoms with Crippen LogP contribution in [-0.2, 0) is 11.3 Å². The monoisotopic (exact) mass is 433 g/mol. The lowest BCUT2D eigenvalue weighted by atomic mass is 10.2. The molecular weight excluding hydrogens is 421 g/mol. The van der Waals surface area contributed by atoms with Crippen LogP contribution in [0.1, 0.15) is 11.3 Å². The molecule has 3 rings (SSSR count). The van der Waals surface area contributed by atoms with Gasteiger partial charge < -0.3 is 10.5 Å². The molecule has 0 fully saturated rings. The SMILES string of the molecule is NC(=Nc1ccc(F)c(Br)c1)c1nonc1NC(=O)OCc1ccccc1. The van der Waals surface area contributed by atoms with Gasteiger partial charge in [-0.2, -0.15) is 0 Å². The number of nitrogens with zero attached hydrogens (tertiary/aromatic N) is 3. The van der Waals surface area contributed by atoms with Crippen molar-refractivity contribution in [2.24, 2.45) is 10.7 Å². The number of rotatable bonds is 5. The zero-order valence-corrected chi connectivity index (χ0v) is 15.3. The summed E-state index contributed by atoms with van der Waals surface area (Å²) in [5.74, 6) is -0.553. The number of anilines is 1. The highest BCUT2D eigenvalue weighted by atomic mass is 79.9. The Morgan fingerprint density at radius 2 is 2.04 bits per heavy atom. The number of nitrogens with two attached hydrogens (primary N) is 1. The molecule has 0 spiro atoms. The van der Waals surface area contributed by atoms with E-state index in [-0.39, 0.29) is 28.4 Å². The van der Waals surface area contributed by atoms with Crippen LogP contribution >= 0.6 is 15.9 Å². The van der Waals surface area contributed by atoms with Gasteiger partial charge in [-0.15, -0.1) is 0 Å². The molecule has 8 nitrogen and oxygen atoms in total. The summed E-state index contributed by atoms with van der Waals surface area (Å²) >= 11 is 3.06. The number of carbonyl (C=O) groups is 1. The van der Waals surface area contributed by atoms with Crippen LogP contribution in [0, 0.1) is 5.82 Å². The number of ether oxygens (including phenoxy) is 1. The van der Waals surface area contributed by atoms with Crippen LogP contribution in [0.2, 0.25) is 0 Å². The molecule has 1 amide bonds. The number of amidine groups is 1. The lowest BCUT2D eigenvalue weighted by Crippen LogP contribution is -2.19. The lowest BCUT2D eigenvalue weighted by Gasteiger charge is -2.05. The second kappa shape index (κ2) is 8.41. The molecule has 0 aliphatic rings. The third-order valence-electron chi connectivity index (χ3n) is 3.32. The van der Waals surface area contributed by atoms with Gasteiger partial charge in [0, 0.05) is 0 Å². The zero-order valence-electron chi connectivity index (χ0n) is 13.7. The lowest BCUT2D eigenvalue weighted by molar-refractivity contribution is 0.155. The fourth-order valence-electron chi connectivity index (χ4n) is 2.04. The largest absolute Gasteiger partial charge is 0.444 e. The van der Waals surface area contributed by atoms with E-state index in [1.54, 1.807) is 0 Å². The fraction of sp³-hybridized carbons (Fsp3) is 0.0588. The molecule has 10 heteroatoms. The topological polar surface area (TPSA) is 116 Å². The molecule has 0 bridgehead atoms. The predicted molar refractivity (Wildman–Crippen MR) is 99.0 cm³/mol. The molecule has 0 radical (unpaired) electrons. The average Bonchev–Trinajstić information content (AvgIpc) is 3.12. The van der Waals surface area contributed by atoms with Gasteiger partial charge in [0.05, 0.1) is 10.2 Å². The number of nitrogens with one attached hydrogen (secondary N) is 1. The van der Waals surface area contributed by atoms with E-state index in [1.807, 2.05) is 30.3 Å².